The quantitative estimate of drug-likeness (QED) is 0.418. The van der Waals surface area contributed by atoms with Crippen molar-refractivity contribution in [1.29, 1.82) is 0 Å². The normalized spacial score (nSPS) is 33.2. The van der Waals surface area contributed by atoms with E-state index in [1.165, 1.54) is 13.8 Å². The highest BCUT2D eigenvalue weighted by Gasteiger charge is 2.62. The summed E-state index contributed by atoms with van der Waals surface area (Å²) in [5, 5.41) is 0. The van der Waals surface area contributed by atoms with Gasteiger partial charge in [-0.3, -0.25) is 14.4 Å². The molecule has 30 heavy (non-hydrogen) atoms. The summed E-state index contributed by atoms with van der Waals surface area (Å²) in [6.07, 6.45) is 6.03. The van der Waals surface area contributed by atoms with Gasteiger partial charge in [-0.15, -0.1) is 0 Å². The van der Waals surface area contributed by atoms with Crippen molar-refractivity contribution in [3.05, 3.63) is 35.3 Å². The molecular weight excluding hydrogens is 388 g/mol. The van der Waals surface area contributed by atoms with Gasteiger partial charge in [0.1, 0.15) is 18.8 Å². The number of furan rings is 1. The van der Waals surface area contributed by atoms with Crippen LogP contribution in [0.1, 0.15) is 64.5 Å². The summed E-state index contributed by atoms with van der Waals surface area (Å²) in [4.78, 5) is 36.6. The van der Waals surface area contributed by atoms with E-state index in [2.05, 4.69) is 0 Å². The van der Waals surface area contributed by atoms with E-state index >= 15 is 0 Å². The zero-order valence-corrected chi connectivity index (χ0v) is 17.6. The molecule has 1 aromatic heterocycles. The number of carbonyl (C=O) groups is 3. The molecule has 3 aliphatic rings. The highest BCUT2D eigenvalue weighted by Crippen LogP contribution is 2.61. The van der Waals surface area contributed by atoms with E-state index in [1.54, 1.807) is 12.5 Å². The number of hydrogen-bond donors (Lipinski definition) is 0. The van der Waals surface area contributed by atoms with Gasteiger partial charge in [0.05, 0.1) is 17.9 Å². The van der Waals surface area contributed by atoms with Crippen LogP contribution < -0.4 is 0 Å². The second-order valence-electron chi connectivity index (χ2n) is 8.71. The molecular formula is C23H28O7. The van der Waals surface area contributed by atoms with E-state index in [4.69, 9.17) is 18.6 Å². The van der Waals surface area contributed by atoms with E-state index < -0.39 is 11.5 Å². The van der Waals surface area contributed by atoms with E-state index in [-0.39, 0.29) is 42.5 Å². The summed E-state index contributed by atoms with van der Waals surface area (Å²) in [5.74, 6) is -1.02. The molecule has 0 aromatic carbocycles. The summed E-state index contributed by atoms with van der Waals surface area (Å²) in [6, 6.07) is 1.83. The second-order valence-corrected chi connectivity index (χ2v) is 8.71. The SMILES string of the molecule is CC(=O)OCC1=C2[C@H](OC(C)=O)C[C@@H](C)[C@]3(C[C@H](c4ccoc4)OC3=O)[C@H]2CCC1. The Hall–Kier alpha value is -2.57. The molecule has 1 aliphatic heterocycles. The van der Waals surface area contributed by atoms with Crippen molar-refractivity contribution >= 4 is 17.9 Å². The van der Waals surface area contributed by atoms with Crippen LogP contribution in [0.4, 0.5) is 0 Å². The van der Waals surface area contributed by atoms with Crippen molar-refractivity contribution in [1.82, 2.24) is 0 Å². The van der Waals surface area contributed by atoms with Crippen LogP contribution in [0.25, 0.3) is 0 Å². The Morgan fingerprint density at radius 2 is 2.07 bits per heavy atom. The molecule has 0 amide bonds. The molecule has 2 aliphatic carbocycles. The van der Waals surface area contributed by atoms with Gasteiger partial charge in [0.25, 0.3) is 0 Å². The van der Waals surface area contributed by atoms with E-state index in [1.807, 2.05) is 13.0 Å². The number of ether oxygens (including phenoxy) is 3. The monoisotopic (exact) mass is 416 g/mol. The molecule has 4 rings (SSSR count). The van der Waals surface area contributed by atoms with Crippen LogP contribution in [0.5, 0.6) is 0 Å². The molecule has 7 nitrogen and oxygen atoms in total. The van der Waals surface area contributed by atoms with Crippen LogP contribution in [0.3, 0.4) is 0 Å². The number of fused-ring (bicyclic) bond motifs is 2. The predicted octanol–water partition coefficient (Wildman–Crippen LogP) is 3.89. The van der Waals surface area contributed by atoms with E-state index in [0.29, 0.717) is 12.8 Å². The summed E-state index contributed by atoms with van der Waals surface area (Å²) in [5.41, 5.74) is 2.10. The minimum atomic E-state index is -0.685. The number of hydrogen-bond acceptors (Lipinski definition) is 7. The Morgan fingerprint density at radius 3 is 2.73 bits per heavy atom. The van der Waals surface area contributed by atoms with Crippen molar-refractivity contribution < 1.29 is 33.0 Å². The first-order chi connectivity index (χ1) is 14.3. The van der Waals surface area contributed by atoms with Crippen LogP contribution in [-0.4, -0.2) is 30.6 Å². The van der Waals surface area contributed by atoms with Gasteiger partial charge in [-0.25, -0.2) is 0 Å². The highest BCUT2D eigenvalue weighted by atomic mass is 16.6. The fourth-order valence-electron chi connectivity index (χ4n) is 5.71. The van der Waals surface area contributed by atoms with Gasteiger partial charge in [-0.05, 0) is 48.8 Å². The smallest absolute Gasteiger partial charge is 0.313 e. The van der Waals surface area contributed by atoms with Gasteiger partial charge in [-0.1, -0.05) is 6.92 Å². The molecule has 7 heteroatoms. The Bertz CT molecular complexity index is 868. The Labute approximate surface area is 175 Å². The third kappa shape index (κ3) is 3.44. The van der Waals surface area contributed by atoms with Crippen LogP contribution in [-0.2, 0) is 28.6 Å². The molecule has 1 spiro atoms. The van der Waals surface area contributed by atoms with Gasteiger partial charge >= 0.3 is 17.9 Å². The van der Waals surface area contributed by atoms with Crippen LogP contribution in [0.2, 0.25) is 0 Å². The predicted molar refractivity (Wildman–Crippen MR) is 105 cm³/mol. The minimum absolute atomic E-state index is 0.0203. The zero-order valence-electron chi connectivity index (χ0n) is 17.6. The number of cyclic esters (lactones) is 1. The Kier molecular flexibility index (Phi) is 5.47. The van der Waals surface area contributed by atoms with Gasteiger partial charge in [0.15, 0.2) is 0 Å². The van der Waals surface area contributed by atoms with E-state index in [9.17, 15) is 14.4 Å². The molecule has 1 saturated carbocycles. The molecule has 2 heterocycles. The van der Waals surface area contributed by atoms with Crippen molar-refractivity contribution in [2.75, 3.05) is 6.61 Å². The average Bonchev–Trinajstić information content (AvgIpc) is 3.32. The lowest BCUT2D eigenvalue weighted by Crippen LogP contribution is -2.51. The first-order valence-corrected chi connectivity index (χ1v) is 10.6. The van der Waals surface area contributed by atoms with Crippen LogP contribution >= 0.6 is 0 Å². The number of carbonyl (C=O) groups excluding carboxylic acids is 3. The maximum atomic E-state index is 13.4. The van der Waals surface area contributed by atoms with Crippen molar-refractivity contribution in [3.8, 4) is 0 Å². The summed E-state index contributed by atoms with van der Waals surface area (Å²) < 4.78 is 22.1. The topological polar surface area (TPSA) is 92.0 Å². The van der Waals surface area contributed by atoms with Crippen LogP contribution in [0, 0.1) is 17.3 Å². The van der Waals surface area contributed by atoms with Crippen molar-refractivity contribution in [3.63, 3.8) is 0 Å². The summed E-state index contributed by atoms with van der Waals surface area (Å²) in [7, 11) is 0. The van der Waals surface area contributed by atoms with Gasteiger partial charge in [-0.2, -0.15) is 0 Å². The van der Waals surface area contributed by atoms with Gasteiger partial charge in [0, 0.05) is 31.7 Å². The molecule has 1 aromatic rings. The first kappa shape index (κ1) is 20.7. The zero-order chi connectivity index (χ0) is 21.5. The molecule has 0 unspecified atom stereocenters. The third-order valence-electron chi connectivity index (χ3n) is 7.00. The largest absolute Gasteiger partial charge is 0.472 e. The van der Waals surface area contributed by atoms with Crippen molar-refractivity contribution in [2.45, 2.75) is 65.1 Å². The lowest BCUT2D eigenvalue weighted by Gasteiger charge is -2.50. The highest BCUT2D eigenvalue weighted by molar-refractivity contribution is 5.81. The van der Waals surface area contributed by atoms with E-state index in [0.717, 1.165) is 36.0 Å². The van der Waals surface area contributed by atoms with Gasteiger partial charge in [0.2, 0.25) is 0 Å². The lowest BCUT2D eigenvalue weighted by molar-refractivity contribution is -0.159. The fraction of sp³-hybridized carbons (Fsp3) is 0.609. The molecule has 0 N–H and O–H groups in total. The lowest BCUT2D eigenvalue weighted by atomic mass is 9.53. The Balaban J connectivity index is 1.75. The van der Waals surface area contributed by atoms with Gasteiger partial charge < -0.3 is 18.6 Å². The number of rotatable bonds is 4. The number of esters is 3. The summed E-state index contributed by atoms with van der Waals surface area (Å²) in [6.45, 7) is 5.00. The molecule has 0 bridgehead atoms. The molecule has 162 valence electrons. The average molecular weight is 416 g/mol. The third-order valence-corrected chi connectivity index (χ3v) is 7.00. The second kappa shape index (κ2) is 7.93. The minimum Gasteiger partial charge on any atom is -0.472 e. The standard InChI is InChI=1S/C23H28O7/c1-13-9-19(29-15(3)25)21-17(12-28-14(2)24)5-4-6-18(21)23(13)10-20(30-22(23)26)16-7-8-27-11-16/h7-8,11,13,18-20H,4-6,9-10,12H2,1-3H3/t13-,18+,19-,20-,23-/m1/s1. The fourth-order valence-corrected chi connectivity index (χ4v) is 5.71. The molecule has 1 saturated heterocycles. The van der Waals surface area contributed by atoms with Crippen LogP contribution in [0.15, 0.2) is 34.2 Å². The molecule has 2 fully saturated rings. The summed E-state index contributed by atoms with van der Waals surface area (Å²) >= 11 is 0. The molecule has 5 atom stereocenters. The first-order valence-electron chi connectivity index (χ1n) is 10.6. The Morgan fingerprint density at radius 1 is 1.27 bits per heavy atom. The molecule has 0 radical (unpaired) electrons. The maximum Gasteiger partial charge on any atom is 0.313 e. The maximum absolute atomic E-state index is 13.4. The van der Waals surface area contributed by atoms with Crippen molar-refractivity contribution in [2.24, 2.45) is 17.3 Å².